The Morgan fingerprint density at radius 3 is 2.75 bits per heavy atom. The molecular weight excluding hydrogens is 397 g/mol. The molecule has 1 saturated heterocycles. The number of fused-ring (bicyclic) bond motifs is 2. The van der Waals surface area contributed by atoms with Gasteiger partial charge in [-0.3, -0.25) is 0 Å². The maximum absolute atomic E-state index is 13.0. The van der Waals surface area contributed by atoms with Gasteiger partial charge in [-0.1, -0.05) is 18.2 Å². The Bertz CT molecular complexity index is 1150. The van der Waals surface area contributed by atoms with Gasteiger partial charge in [0.15, 0.2) is 12.0 Å². The second kappa shape index (κ2) is 6.63. The zero-order chi connectivity index (χ0) is 20.1. The van der Waals surface area contributed by atoms with Crippen LogP contribution in [0.15, 0.2) is 30.5 Å². The molecule has 1 aromatic heterocycles. The summed E-state index contributed by atoms with van der Waals surface area (Å²) in [5.74, 6) is -0.370. The van der Waals surface area contributed by atoms with E-state index in [2.05, 4.69) is 9.28 Å². The maximum Gasteiger partial charge on any atom is 0.534 e. The number of aryl methyl sites for hydroxylation is 1. The molecule has 1 unspecified atom stereocenters. The lowest BCUT2D eigenvalue weighted by Gasteiger charge is -2.23. The fourth-order valence-corrected chi connectivity index (χ4v) is 3.97. The first-order chi connectivity index (χ1) is 13.2. The van der Waals surface area contributed by atoms with Gasteiger partial charge in [-0.15, -0.1) is 0 Å². The van der Waals surface area contributed by atoms with Crippen LogP contribution in [-0.2, 0) is 14.9 Å². The quantitative estimate of drug-likeness (QED) is 0.469. The van der Waals surface area contributed by atoms with Gasteiger partial charge in [-0.2, -0.15) is 26.7 Å². The van der Waals surface area contributed by atoms with Crippen LogP contribution in [0, 0.1) is 6.92 Å². The van der Waals surface area contributed by atoms with Gasteiger partial charge in [0.05, 0.1) is 17.1 Å². The van der Waals surface area contributed by atoms with Crippen LogP contribution in [-0.4, -0.2) is 30.3 Å². The van der Waals surface area contributed by atoms with Crippen LogP contribution >= 0.6 is 0 Å². The van der Waals surface area contributed by atoms with E-state index in [0.717, 1.165) is 12.8 Å². The fourth-order valence-electron chi connectivity index (χ4n) is 3.48. The molecule has 1 atom stereocenters. The van der Waals surface area contributed by atoms with Gasteiger partial charge in [0.25, 0.3) is 0 Å². The van der Waals surface area contributed by atoms with Crippen LogP contribution in [0.4, 0.5) is 13.2 Å². The smallest absolute Gasteiger partial charge is 0.375 e. The van der Waals surface area contributed by atoms with Gasteiger partial charge < -0.3 is 8.92 Å². The molecule has 4 rings (SSSR count). The molecule has 0 spiro atoms. The molecule has 0 aliphatic carbocycles. The van der Waals surface area contributed by atoms with Crippen LogP contribution in [0.5, 0.6) is 5.75 Å². The fraction of sp³-hybridized carbons (Fsp3) is 0.389. The van der Waals surface area contributed by atoms with Crippen molar-refractivity contribution in [1.82, 2.24) is 9.78 Å². The average Bonchev–Trinajstić information content (AvgIpc) is 3.05. The van der Waals surface area contributed by atoms with Gasteiger partial charge in [-0.05, 0) is 43.2 Å². The molecule has 2 heterocycles. The van der Waals surface area contributed by atoms with E-state index in [0.29, 0.717) is 34.9 Å². The van der Waals surface area contributed by atoms with E-state index in [1.54, 1.807) is 35.9 Å². The molecule has 0 saturated carbocycles. The minimum atomic E-state index is -5.83. The van der Waals surface area contributed by atoms with Gasteiger partial charge in [0, 0.05) is 12.0 Å². The number of halogens is 3. The van der Waals surface area contributed by atoms with Crippen LogP contribution < -0.4 is 4.18 Å². The molecule has 6 nitrogen and oxygen atoms in total. The summed E-state index contributed by atoms with van der Waals surface area (Å²) in [5.41, 5.74) is -4.49. The lowest BCUT2D eigenvalue weighted by molar-refractivity contribution is -0.0499. The third kappa shape index (κ3) is 3.10. The first-order valence-corrected chi connectivity index (χ1v) is 10.1. The molecule has 0 radical (unpaired) electrons. The van der Waals surface area contributed by atoms with Crippen molar-refractivity contribution in [3.63, 3.8) is 0 Å². The highest BCUT2D eigenvalue weighted by Crippen LogP contribution is 2.40. The van der Waals surface area contributed by atoms with E-state index in [4.69, 9.17) is 4.74 Å². The highest BCUT2D eigenvalue weighted by molar-refractivity contribution is 7.88. The highest BCUT2D eigenvalue weighted by atomic mass is 32.2. The van der Waals surface area contributed by atoms with E-state index < -0.39 is 15.6 Å². The minimum absolute atomic E-state index is 0.184. The zero-order valence-electron chi connectivity index (χ0n) is 14.9. The number of nitrogens with zero attached hydrogens (tertiary/aromatic N) is 2. The molecule has 0 amide bonds. The molecule has 0 N–H and O–H groups in total. The summed E-state index contributed by atoms with van der Waals surface area (Å²) >= 11 is 0. The van der Waals surface area contributed by atoms with Crippen molar-refractivity contribution in [2.75, 3.05) is 6.61 Å². The first-order valence-electron chi connectivity index (χ1n) is 8.71. The summed E-state index contributed by atoms with van der Waals surface area (Å²) in [6.07, 6.45) is 3.53. The van der Waals surface area contributed by atoms with Crippen molar-refractivity contribution >= 4 is 31.8 Å². The van der Waals surface area contributed by atoms with Crippen LogP contribution in [0.1, 0.15) is 31.1 Å². The SMILES string of the molecule is Cc1cccc2cc3c(cnn3C3CCCCO3)c(OS(=O)(=O)C(F)(F)F)c12. The highest BCUT2D eigenvalue weighted by Gasteiger charge is 2.49. The zero-order valence-corrected chi connectivity index (χ0v) is 15.7. The van der Waals surface area contributed by atoms with Crippen molar-refractivity contribution in [3.05, 3.63) is 36.0 Å². The number of hydrogen-bond donors (Lipinski definition) is 0. The predicted octanol–water partition coefficient (Wildman–Crippen LogP) is 4.43. The van der Waals surface area contributed by atoms with Crippen LogP contribution in [0.2, 0.25) is 0 Å². The molecule has 28 heavy (non-hydrogen) atoms. The van der Waals surface area contributed by atoms with Crippen molar-refractivity contribution in [2.24, 2.45) is 0 Å². The summed E-state index contributed by atoms with van der Waals surface area (Å²) in [5, 5.41) is 5.30. The van der Waals surface area contributed by atoms with E-state index >= 15 is 0 Å². The standard InChI is InChI=1S/C18H17F3N2O4S/c1-11-5-4-6-12-9-14-13(10-22-23(14)15-7-2-3-8-26-15)17(16(11)12)27-28(24,25)18(19,20)21/h4-6,9-10,15H,2-3,7-8H2,1H3. The third-order valence-electron chi connectivity index (χ3n) is 4.81. The lowest BCUT2D eigenvalue weighted by atomic mass is 10.0. The molecule has 1 aliphatic heterocycles. The Labute approximate surface area is 159 Å². The molecule has 150 valence electrons. The van der Waals surface area contributed by atoms with Gasteiger partial charge in [0.2, 0.25) is 0 Å². The number of ether oxygens (including phenoxy) is 1. The van der Waals surface area contributed by atoms with E-state index in [1.807, 2.05) is 0 Å². The van der Waals surface area contributed by atoms with Crippen LogP contribution in [0.25, 0.3) is 21.7 Å². The summed E-state index contributed by atoms with van der Waals surface area (Å²) < 4.78 is 74.3. The summed E-state index contributed by atoms with van der Waals surface area (Å²) in [6, 6.07) is 6.86. The van der Waals surface area contributed by atoms with Crippen molar-refractivity contribution in [1.29, 1.82) is 0 Å². The molecular formula is C18H17F3N2O4S. The lowest BCUT2D eigenvalue weighted by Crippen LogP contribution is -2.28. The van der Waals surface area contributed by atoms with Gasteiger partial charge in [0.1, 0.15) is 0 Å². The average molecular weight is 414 g/mol. The monoisotopic (exact) mass is 414 g/mol. The molecule has 1 aliphatic rings. The number of hydrogen-bond acceptors (Lipinski definition) is 5. The molecule has 1 fully saturated rings. The van der Waals surface area contributed by atoms with E-state index in [-0.39, 0.29) is 17.4 Å². The Morgan fingerprint density at radius 2 is 2.07 bits per heavy atom. The Balaban J connectivity index is 1.98. The largest absolute Gasteiger partial charge is 0.534 e. The van der Waals surface area contributed by atoms with E-state index in [1.165, 1.54) is 6.20 Å². The molecule has 10 heteroatoms. The Kier molecular flexibility index (Phi) is 4.50. The van der Waals surface area contributed by atoms with Crippen molar-refractivity contribution in [3.8, 4) is 5.75 Å². The molecule has 2 aromatic carbocycles. The molecule has 0 bridgehead atoms. The summed E-state index contributed by atoms with van der Waals surface area (Å²) in [6.45, 7) is 2.24. The summed E-state index contributed by atoms with van der Waals surface area (Å²) in [4.78, 5) is 0. The Morgan fingerprint density at radius 1 is 1.29 bits per heavy atom. The topological polar surface area (TPSA) is 70.4 Å². The normalized spacial score (nSPS) is 18.6. The number of benzene rings is 2. The minimum Gasteiger partial charge on any atom is -0.375 e. The maximum atomic E-state index is 13.0. The predicted molar refractivity (Wildman–Crippen MR) is 96.4 cm³/mol. The van der Waals surface area contributed by atoms with E-state index in [9.17, 15) is 21.6 Å². The number of rotatable bonds is 3. The number of aromatic nitrogens is 2. The second-order valence-electron chi connectivity index (χ2n) is 6.71. The Hall–Kier alpha value is -2.33. The first kappa shape index (κ1) is 19.0. The van der Waals surface area contributed by atoms with Crippen molar-refractivity contribution in [2.45, 2.75) is 37.9 Å². The third-order valence-corrected chi connectivity index (χ3v) is 5.76. The molecule has 3 aromatic rings. The van der Waals surface area contributed by atoms with Crippen LogP contribution in [0.3, 0.4) is 0 Å². The van der Waals surface area contributed by atoms with Gasteiger partial charge in [-0.25, -0.2) is 4.68 Å². The van der Waals surface area contributed by atoms with Crippen molar-refractivity contribution < 1.29 is 30.5 Å². The number of alkyl halides is 3. The van der Waals surface area contributed by atoms with Gasteiger partial charge >= 0.3 is 15.6 Å². The summed E-state index contributed by atoms with van der Waals surface area (Å²) in [7, 11) is -5.83. The second-order valence-corrected chi connectivity index (χ2v) is 8.24.